The maximum Gasteiger partial charge on any atom is 0.248 e. The van der Waals surface area contributed by atoms with Crippen LogP contribution in [0.15, 0.2) is 54.9 Å². The zero-order chi connectivity index (χ0) is 18.6. The minimum Gasteiger partial charge on any atom is -0.490 e. The van der Waals surface area contributed by atoms with E-state index in [-0.39, 0.29) is 5.91 Å². The molecule has 0 bridgehead atoms. The number of amides is 1. The highest BCUT2D eigenvalue weighted by Gasteiger charge is 2.12. The van der Waals surface area contributed by atoms with E-state index in [1.807, 2.05) is 37.3 Å². The van der Waals surface area contributed by atoms with Crippen molar-refractivity contribution >= 4 is 28.2 Å². The van der Waals surface area contributed by atoms with E-state index in [2.05, 4.69) is 15.3 Å². The Kier molecular flexibility index (Phi) is 4.70. The molecule has 0 spiro atoms. The second-order valence-electron chi connectivity index (χ2n) is 6.29. The molecule has 0 saturated carbocycles. The van der Waals surface area contributed by atoms with Crippen molar-refractivity contribution in [2.45, 2.75) is 13.3 Å². The molecule has 6 nitrogen and oxygen atoms in total. The van der Waals surface area contributed by atoms with Gasteiger partial charge in [0.1, 0.15) is 0 Å². The summed E-state index contributed by atoms with van der Waals surface area (Å²) in [5, 5.41) is 2.87. The number of nitrogens with zero attached hydrogens (tertiary/aromatic N) is 2. The number of nitrogens with one attached hydrogen (secondary N) is 1. The largest absolute Gasteiger partial charge is 0.490 e. The first kappa shape index (κ1) is 17.0. The Bertz CT molecular complexity index is 1030. The summed E-state index contributed by atoms with van der Waals surface area (Å²) in [5.74, 6) is 1.25. The van der Waals surface area contributed by atoms with Gasteiger partial charge < -0.3 is 14.8 Å². The van der Waals surface area contributed by atoms with Crippen molar-refractivity contribution in [3.05, 3.63) is 60.4 Å². The molecule has 0 atom stereocenters. The van der Waals surface area contributed by atoms with Gasteiger partial charge >= 0.3 is 0 Å². The summed E-state index contributed by atoms with van der Waals surface area (Å²) in [7, 11) is 0. The van der Waals surface area contributed by atoms with Crippen molar-refractivity contribution in [2.75, 3.05) is 18.5 Å². The third-order valence-electron chi connectivity index (χ3n) is 4.29. The molecule has 1 aliphatic rings. The number of carbonyl (C=O) groups excluding carboxylic acids is 1. The number of fused-ring (bicyclic) bond motifs is 2. The molecule has 0 saturated heterocycles. The fraction of sp³-hybridized carbons (Fsp3) is 0.190. The lowest BCUT2D eigenvalue weighted by molar-refractivity contribution is -0.111. The quantitative estimate of drug-likeness (QED) is 0.718. The Balaban J connectivity index is 1.51. The van der Waals surface area contributed by atoms with E-state index in [0.29, 0.717) is 24.7 Å². The average molecular weight is 361 g/mol. The van der Waals surface area contributed by atoms with Crippen LogP contribution in [0.25, 0.3) is 16.6 Å². The van der Waals surface area contributed by atoms with Crippen LogP contribution in [0.2, 0.25) is 0 Å². The Hall–Kier alpha value is -3.41. The van der Waals surface area contributed by atoms with Gasteiger partial charge in [-0.3, -0.25) is 14.8 Å². The number of hydrogen-bond acceptors (Lipinski definition) is 5. The van der Waals surface area contributed by atoms with Crippen LogP contribution in [0.1, 0.15) is 18.9 Å². The van der Waals surface area contributed by atoms with Crippen molar-refractivity contribution in [1.82, 2.24) is 9.97 Å². The summed E-state index contributed by atoms with van der Waals surface area (Å²) >= 11 is 0. The maximum absolute atomic E-state index is 12.4. The maximum atomic E-state index is 12.4. The Morgan fingerprint density at radius 2 is 1.78 bits per heavy atom. The molecule has 0 aliphatic carbocycles. The van der Waals surface area contributed by atoms with Gasteiger partial charge in [0, 0.05) is 30.6 Å². The topological polar surface area (TPSA) is 73.3 Å². The predicted molar refractivity (Wildman–Crippen MR) is 104 cm³/mol. The number of rotatable bonds is 3. The monoisotopic (exact) mass is 361 g/mol. The van der Waals surface area contributed by atoms with Crippen molar-refractivity contribution in [3.63, 3.8) is 0 Å². The molecule has 1 N–H and O–H groups in total. The van der Waals surface area contributed by atoms with Gasteiger partial charge in [0.25, 0.3) is 0 Å². The van der Waals surface area contributed by atoms with E-state index in [4.69, 9.17) is 9.47 Å². The minimum atomic E-state index is -0.206. The van der Waals surface area contributed by atoms with E-state index in [1.165, 1.54) is 0 Å². The molecule has 27 heavy (non-hydrogen) atoms. The fourth-order valence-electron chi connectivity index (χ4n) is 2.91. The zero-order valence-electron chi connectivity index (χ0n) is 14.9. The summed E-state index contributed by atoms with van der Waals surface area (Å²) in [5.41, 5.74) is 3.95. The van der Waals surface area contributed by atoms with Gasteiger partial charge in [-0.15, -0.1) is 0 Å². The van der Waals surface area contributed by atoms with Crippen molar-refractivity contribution < 1.29 is 14.3 Å². The van der Waals surface area contributed by atoms with Gasteiger partial charge in [0.2, 0.25) is 5.91 Å². The molecule has 2 aromatic carbocycles. The highest BCUT2D eigenvalue weighted by atomic mass is 16.5. The fourth-order valence-corrected chi connectivity index (χ4v) is 2.91. The number of benzene rings is 2. The van der Waals surface area contributed by atoms with Crippen molar-refractivity contribution in [1.29, 1.82) is 0 Å². The van der Waals surface area contributed by atoms with Gasteiger partial charge in [-0.05, 0) is 48.4 Å². The molecule has 2 heterocycles. The molecule has 1 amide bonds. The first-order valence-electron chi connectivity index (χ1n) is 8.79. The summed E-state index contributed by atoms with van der Waals surface area (Å²) in [6, 6.07) is 11.2. The second kappa shape index (κ2) is 7.45. The number of hydrogen-bond donors (Lipinski definition) is 1. The molecular formula is C21H19N3O3. The molecule has 0 fully saturated rings. The summed E-state index contributed by atoms with van der Waals surface area (Å²) in [6.45, 7) is 3.18. The van der Waals surface area contributed by atoms with Crippen LogP contribution in [-0.2, 0) is 4.79 Å². The summed E-state index contributed by atoms with van der Waals surface area (Å²) in [4.78, 5) is 20.9. The van der Waals surface area contributed by atoms with Gasteiger partial charge in [-0.2, -0.15) is 0 Å². The number of aromatic nitrogens is 2. The Morgan fingerprint density at radius 3 is 2.63 bits per heavy atom. The first-order chi connectivity index (χ1) is 13.2. The van der Waals surface area contributed by atoms with Crippen LogP contribution in [0.4, 0.5) is 5.69 Å². The SMILES string of the molecule is CC(=CC(=O)Nc1ccc2nccnc2c1)c1ccc2c(c1)OCCCO2. The zero-order valence-corrected chi connectivity index (χ0v) is 14.9. The van der Waals surface area contributed by atoms with E-state index in [0.717, 1.165) is 34.3 Å². The minimum absolute atomic E-state index is 0.206. The van der Waals surface area contributed by atoms with Crippen LogP contribution in [0, 0.1) is 0 Å². The molecule has 1 aliphatic heterocycles. The predicted octanol–water partition coefficient (Wildman–Crippen LogP) is 3.83. The van der Waals surface area contributed by atoms with Gasteiger partial charge in [0.15, 0.2) is 11.5 Å². The number of ether oxygens (including phenoxy) is 2. The molecule has 4 rings (SSSR count). The van der Waals surface area contributed by atoms with Gasteiger partial charge in [-0.1, -0.05) is 6.07 Å². The normalized spacial score (nSPS) is 13.9. The molecule has 0 radical (unpaired) electrons. The van der Waals surface area contributed by atoms with Crippen LogP contribution < -0.4 is 14.8 Å². The smallest absolute Gasteiger partial charge is 0.248 e. The molecule has 0 unspecified atom stereocenters. The Morgan fingerprint density at radius 1 is 1.00 bits per heavy atom. The van der Waals surface area contributed by atoms with Crippen LogP contribution in [0.5, 0.6) is 11.5 Å². The average Bonchev–Trinajstić information content (AvgIpc) is 2.92. The van der Waals surface area contributed by atoms with Crippen LogP contribution in [-0.4, -0.2) is 29.1 Å². The van der Waals surface area contributed by atoms with E-state index >= 15 is 0 Å². The highest BCUT2D eigenvalue weighted by Crippen LogP contribution is 2.32. The Labute approximate surface area is 156 Å². The summed E-state index contributed by atoms with van der Waals surface area (Å²) < 4.78 is 11.4. The summed E-state index contributed by atoms with van der Waals surface area (Å²) in [6.07, 6.45) is 5.70. The first-order valence-corrected chi connectivity index (χ1v) is 8.79. The third-order valence-corrected chi connectivity index (χ3v) is 4.29. The van der Waals surface area contributed by atoms with Crippen LogP contribution >= 0.6 is 0 Å². The molecule has 3 aromatic rings. The van der Waals surface area contributed by atoms with Crippen molar-refractivity contribution in [3.8, 4) is 11.5 Å². The lowest BCUT2D eigenvalue weighted by Gasteiger charge is -2.10. The standard InChI is InChI=1S/C21H19N3O3/c1-14(15-3-6-19-20(12-15)27-10-2-9-26-19)11-21(25)24-16-4-5-17-18(13-16)23-8-7-22-17/h3-8,11-13H,2,9-10H2,1H3,(H,24,25). The van der Waals surface area contributed by atoms with E-state index < -0.39 is 0 Å². The lowest BCUT2D eigenvalue weighted by atomic mass is 10.1. The van der Waals surface area contributed by atoms with Gasteiger partial charge in [-0.25, -0.2) is 0 Å². The molecule has 136 valence electrons. The van der Waals surface area contributed by atoms with E-state index in [1.54, 1.807) is 24.5 Å². The highest BCUT2D eigenvalue weighted by molar-refractivity contribution is 6.04. The molecular weight excluding hydrogens is 342 g/mol. The van der Waals surface area contributed by atoms with Crippen LogP contribution in [0.3, 0.4) is 0 Å². The number of allylic oxidation sites excluding steroid dienone is 1. The number of anilines is 1. The molecule has 6 heteroatoms. The molecule has 1 aromatic heterocycles. The third kappa shape index (κ3) is 3.89. The van der Waals surface area contributed by atoms with E-state index in [9.17, 15) is 4.79 Å². The van der Waals surface area contributed by atoms with Gasteiger partial charge in [0.05, 0.1) is 24.2 Å². The van der Waals surface area contributed by atoms with Crippen molar-refractivity contribution in [2.24, 2.45) is 0 Å². The lowest BCUT2D eigenvalue weighted by Crippen LogP contribution is -2.08. The second-order valence-corrected chi connectivity index (χ2v) is 6.29. The number of carbonyl (C=O) groups is 1.